The normalized spacial score (nSPS) is 18.9. The van der Waals surface area contributed by atoms with Gasteiger partial charge in [-0.25, -0.2) is 0 Å². The third-order valence-electron chi connectivity index (χ3n) is 4.95. The van der Waals surface area contributed by atoms with Crippen molar-refractivity contribution >= 4 is 5.97 Å². The van der Waals surface area contributed by atoms with Gasteiger partial charge in [0.1, 0.15) is 6.10 Å². The van der Waals surface area contributed by atoms with E-state index in [0.717, 1.165) is 18.5 Å². The number of hydrogen-bond acceptors (Lipinski definition) is 4. The Morgan fingerprint density at radius 1 is 1.08 bits per heavy atom. The number of rotatable bonds is 6. The zero-order valence-corrected chi connectivity index (χ0v) is 15.6. The summed E-state index contributed by atoms with van der Waals surface area (Å²) in [7, 11) is 2.19. The van der Waals surface area contributed by atoms with E-state index in [1.54, 1.807) is 6.07 Å². The molecule has 2 atom stereocenters. The minimum absolute atomic E-state index is 0.0848. The summed E-state index contributed by atoms with van der Waals surface area (Å²) in [5, 5.41) is 0. The largest absolute Gasteiger partial charge is 0.482 e. The lowest BCUT2D eigenvalue weighted by Gasteiger charge is -2.35. The number of esters is 1. The number of para-hydroxylation sites is 2. The Bertz CT molecular complexity index is 716. The van der Waals surface area contributed by atoms with Crippen LogP contribution in [0.5, 0.6) is 11.5 Å². The van der Waals surface area contributed by atoms with E-state index in [9.17, 15) is 4.79 Å². The lowest BCUT2D eigenvalue weighted by Crippen LogP contribution is -2.37. The van der Waals surface area contributed by atoms with Crippen molar-refractivity contribution in [2.75, 3.05) is 13.6 Å². The van der Waals surface area contributed by atoms with E-state index in [1.165, 1.54) is 26.2 Å². The quantitative estimate of drug-likeness (QED) is 0.562. The molecule has 2 unspecified atom stereocenters. The van der Waals surface area contributed by atoms with Gasteiger partial charge in [-0.15, -0.1) is 0 Å². The number of carbonyl (C=O) groups excluding carboxylic acids is 1. The van der Waals surface area contributed by atoms with Crippen molar-refractivity contribution < 1.29 is 14.3 Å². The molecule has 2 aromatic carbocycles. The van der Waals surface area contributed by atoms with Crippen molar-refractivity contribution in [2.24, 2.45) is 0 Å². The number of hydrogen-bond donors (Lipinski definition) is 0. The molecule has 26 heavy (non-hydrogen) atoms. The first-order valence-electron chi connectivity index (χ1n) is 9.33. The summed E-state index contributed by atoms with van der Waals surface area (Å²) in [4.78, 5) is 13.8. The Labute approximate surface area is 155 Å². The van der Waals surface area contributed by atoms with E-state index in [1.807, 2.05) is 36.4 Å². The maximum atomic E-state index is 11.4. The highest BCUT2D eigenvalue weighted by Gasteiger charge is 2.25. The average molecular weight is 353 g/mol. The molecule has 4 nitrogen and oxygen atoms in total. The van der Waals surface area contributed by atoms with Crippen LogP contribution in [0.2, 0.25) is 0 Å². The van der Waals surface area contributed by atoms with E-state index in [2.05, 4.69) is 24.1 Å². The Hall–Kier alpha value is -2.33. The van der Waals surface area contributed by atoms with Gasteiger partial charge in [-0.3, -0.25) is 4.79 Å². The number of carbonyl (C=O) groups is 1. The molecule has 0 spiro atoms. The van der Waals surface area contributed by atoms with Crippen LogP contribution in [0, 0.1) is 0 Å². The van der Waals surface area contributed by atoms with E-state index in [0.29, 0.717) is 17.5 Å². The summed E-state index contributed by atoms with van der Waals surface area (Å²) in [5.74, 6) is 0.734. The predicted octanol–water partition coefficient (Wildman–Crippen LogP) is 4.61. The van der Waals surface area contributed by atoms with Gasteiger partial charge in [0, 0.05) is 19.4 Å². The molecule has 0 N–H and O–H groups in total. The lowest BCUT2D eigenvalue weighted by molar-refractivity contribution is -0.132. The number of ether oxygens (including phenoxy) is 2. The Balaban J connectivity index is 1.83. The van der Waals surface area contributed by atoms with Crippen LogP contribution in [-0.2, 0) is 4.79 Å². The fourth-order valence-corrected chi connectivity index (χ4v) is 3.55. The first kappa shape index (κ1) is 18.5. The third-order valence-corrected chi connectivity index (χ3v) is 4.95. The Morgan fingerprint density at radius 3 is 2.46 bits per heavy atom. The van der Waals surface area contributed by atoms with Crippen molar-refractivity contribution in [3.05, 3.63) is 60.2 Å². The summed E-state index contributed by atoms with van der Waals surface area (Å²) in [5.41, 5.74) is 1.14. The molecule has 2 aromatic rings. The third kappa shape index (κ3) is 4.85. The highest BCUT2D eigenvalue weighted by atomic mass is 16.6. The highest BCUT2D eigenvalue weighted by Crippen LogP contribution is 2.34. The molecule has 0 amide bonds. The molecule has 0 bridgehead atoms. The fraction of sp³-hybridized carbons (Fsp3) is 0.409. The summed E-state index contributed by atoms with van der Waals surface area (Å²) in [6.45, 7) is 2.54. The molecule has 1 aliphatic rings. The second kappa shape index (κ2) is 8.86. The van der Waals surface area contributed by atoms with Crippen LogP contribution in [0.25, 0.3) is 0 Å². The van der Waals surface area contributed by atoms with Gasteiger partial charge in [0.15, 0.2) is 11.5 Å². The van der Waals surface area contributed by atoms with Gasteiger partial charge in [-0.1, -0.05) is 48.9 Å². The molecule has 138 valence electrons. The Morgan fingerprint density at radius 2 is 1.77 bits per heavy atom. The van der Waals surface area contributed by atoms with Crippen molar-refractivity contribution in [1.29, 1.82) is 0 Å². The monoisotopic (exact) mass is 353 g/mol. The first-order valence-corrected chi connectivity index (χ1v) is 9.33. The molecule has 1 fully saturated rings. The van der Waals surface area contributed by atoms with E-state index in [-0.39, 0.29) is 12.1 Å². The topological polar surface area (TPSA) is 38.8 Å². The zero-order valence-electron chi connectivity index (χ0n) is 15.6. The zero-order chi connectivity index (χ0) is 18.4. The standard InChI is InChI=1S/C22H27NO3/c1-17(24)25-20-13-6-7-14-21(20)26-22(18-10-4-3-5-11-18)16-19-12-8-9-15-23(19)2/h3-7,10-11,13-14,19,22H,8-9,12,15-16H2,1-2H3. The van der Waals surface area contributed by atoms with Gasteiger partial charge in [0.05, 0.1) is 0 Å². The summed E-state index contributed by atoms with van der Waals surface area (Å²) >= 11 is 0. The van der Waals surface area contributed by atoms with Crippen LogP contribution in [0.3, 0.4) is 0 Å². The van der Waals surface area contributed by atoms with Gasteiger partial charge in [0.25, 0.3) is 0 Å². The van der Waals surface area contributed by atoms with Gasteiger partial charge in [-0.05, 0) is 44.1 Å². The first-order chi connectivity index (χ1) is 12.6. The molecule has 0 saturated carbocycles. The van der Waals surface area contributed by atoms with Crippen LogP contribution in [0.4, 0.5) is 0 Å². The van der Waals surface area contributed by atoms with Crippen molar-refractivity contribution in [3.63, 3.8) is 0 Å². The van der Waals surface area contributed by atoms with Gasteiger partial charge in [0.2, 0.25) is 0 Å². The molecule has 3 rings (SSSR count). The smallest absolute Gasteiger partial charge is 0.308 e. The molecule has 1 saturated heterocycles. The van der Waals surface area contributed by atoms with Crippen molar-refractivity contribution in [3.8, 4) is 11.5 Å². The highest BCUT2D eigenvalue weighted by molar-refractivity contribution is 5.70. The number of nitrogens with zero attached hydrogens (tertiary/aromatic N) is 1. The van der Waals surface area contributed by atoms with Crippen LogP contribution in [0.1, 0.15) is 44.3 Å². The maximum absolute atomic E-state index is 11.4. The van der Waals surface area contributed by atoms with Gasteiger partial charge < -0.3 is 14.4 Å². The second-order valence-corrected chi connectivity index (χ2v) is 6.92. The molecule has 1 heterocycles. The van der Waals surface area contributed by atoms with Crippen molar-refractivity contribution in [1.82, 2.24) is 4.90 Å². The van der Waals surface area contributed by atoms with Crippen LogP contribution in [-0.4, -0.2) is 30.5 Å². The number of likely N-dealkylation sites (tertiary alicyclic amines) is 1. The summed E-state index contributed by atoms with van der Waals surface area (Å²) in [6, 6.07) is 18.2. The Kier molecular flexibility index (Phi) is 6.29. The summed E-state index contributed by atoms with van der Waals surface area (Å²) < 4.78 is 11.7. The second-order valence-electron chi connectivity index (χ2n) is 6.92. The molecule has 4 heteroatoms. The molecule has 0 aliphatic carbocycles. The predicted molar refractivity (Wildman–Crippen MR) is 102 cm³/mol. The minimum Gasteiger partial charge on any atom is -0.482 e. The van der Waals surface area contributed by atoms with E-state index in [4.69, 9.17) is 9.47 Å². The van der Waals surface area contributed by atoms with Gasteiger partial charge in [-0.2, -0.15) is 0 Å². The summed E-state index contributed by atoms with van der Waals surface area (Å²) in [6.07, 6.45) is 4.54. The van der Waals surface area contributed by atoms with E-state index >= 15 is 0 Å². The van der Waals surface area contributed by atoms with Crippen LogP contribution in [0.15, 0.2) is 54.6 Å². The lowest BCUT2D eigenvalue weighted by atomic mass is 9.94. The fourth-order valence-electron chi connectivity index (χ4n) is 3.55. The van der Waals surface area contributed by atoms with Crippen LogP contribution < -0.4 is 9.47 Å². The number of piperidine rings is 1. The molecule has 0 radical (unpaired) electrons. The maximum Gasteiger partial charge on any atom is 0.308 e. The minimum atomic E-state index is -0.343. The SMILES string of the molecule is CC(=O)Oc1ccccc1OC(CC1CCCCN1C)c1ccccc1. The molecular formula is C22H27NO3. The van der Waals surface area contributed by atoms with E-state index < -0.39 is 0 Å². The van der Waals surface area contributed by atoms with Gasteiger partial charge >= 0.3 is 5.97 Å². The molecule has 1 aliphatic heterocycles. The molecule has 0 aromatic heterocycles. The van der Waals surface area contributed by atoms with Crippen LogP contribution >= 0.6 is 0 Å². The van der Waals surface area contributed by atoms with Crippen molar-refractivity contribution in [2.45, 2.75) is 44.8 Å². The number of benzene rings is 2. The molecular weight excluding hydrogens is 326 g/mol. The average Bonchev–Trinajstić information content (AvgIpc) is 2.65.